The number of carbonyl (C=O) groups excluding carboxylic acids is 2. The molecule has 9 heteroatoms. The van der Waals surface area contributed by atoms with E-state index in [0.29, 0.717) is 11.3 Å². The SMILES string of the molecule is O=C(O)c1ccccc1C(=O)Oc1cccc(N=Cc2ccccc2OC(=O)c2ccccc2C(=O)O)c1. The van der Waals surface area contributed by atoms with Crippen LogP contribution in [0.25, 0.3) is 0 Å². The number of carboxylic acid groups (broad SMARTS) is 2. The van der Waals surface area contributed by atoms with Crippen molar-refractivity contribution in [1.82, 2.24) is 0 Å². The fourth-order valence-corrected chi connectivity index (χ4v) is 3.46. The fraction of sp³-hybridized carbons (Fsp3) is 0. The second-order valence-corrected chi connectivity index (χ2v) is 7.77. The zero-order valence-electron chi connectivity index (χ0n) is 19.6. The molecule has 0 radical (unpaired) electrons. The van der Waals surface area contributed by atoms with E-state index in [1.54, 1.807) is 36.4 Å². The normalized spacial score (nSPS) is 10.6. The van der Waals surface area contributed by atoms with Crippen LogP contribution in [0.5, 0.6) is 11.5 Å². The van der Waals surface area contributed by atoms with Gasteiger partial charge in [0.1, 0.15) is 11.5 Å². The summed E-state index contributed by atoms with van der Waals surface area (Å²) in [5.41, 5.74) is 0.301. The van der Waals surface area contributed by atoms with Gasteiger partial charge in [0.25, 0.3) is 0 Å². The Labute approximate surface area is 216 Å². The van der Waals surface area contributed by atoms with Crippen molar-refractivity contribution in [3.8, 4) is 11.5 Å². The van der Waals surface area contributed by atoms with E-state index in [9.17, 15) is 29.4 Å². The van der Waals surface area contributed by atoms with E-state index in [0.717, 1.165) is 0 Å². The van der Waals surface area contributed by atoms with E-state index in [-0.39, 0.29) is 33.8 Å². The lowest BCUT2D eigenvalue weighted by molar-refractivity contribution is 0.0666. The van der Waals surface area contributed by atoms with Gasteiger partial charge < -0.3 is 19.7 Å². The monoisotopic (exact) mass is 509 g/mol. The molecule has 0 aliphatic carbocycles. The second kappa shape index (κ2) is 11.4. The maximum atomic E-state index is 12.7. The van der Waals surface area contributed by atoms with Gasteiger partial charge >= 0.3 is 23.9 Å². The van der Waals surface area contributed by atoms with Crippen LogP contribution in [0.2, 0.25) is 0 Å². The predicted octanol–water partition coefficient (Wildman–Crippen LogP) is 5.27. The Morgan fingerprint density at radius 3 is 1.74 bits per heavy atom. The number of ether oxygens (including phenoxy) is 2. The molecule has 2 N–H and O–H groups in total. The van der Waals surface area contributed by atoms with Crippen LogP contribution < -0.4 is 9.47 Å². The van der Waals surface area contributed by atoms with Crippen LogP contribution in [0, 0.1) is 0 Å². The van der Waals surface area contributed by atoms with E-state index in [2.05, 4.69) is 4.99 Å². The lowest BCUT2D eigenvalue weighted by Gasteiger charge is -2.09. The molecule has 0 saturated heterocycles. The van der Waals surface area contributed by atoms with Crippen molar-refractivity contribution in [2.45, 2.75) is 0 Å². The molecule has 0 aromatic heterocycles. The van der Waals surface area contributed by atoms with Crippen LogP contribution in [0.1, 0.15) is 47.0 Å². The third kappa shape index (κ3) is 5.97. The maximum absolute atomic E-state index is 12.7. The zero-order valence-corrected chi connectivity index (χ0v) is 19.6. The smallest absolute Gasteiger partial charge is 0.344 e. The summed E-state index contributed by atoms with van der Waals surface area (Å²) < 4.78 is 10.8. The molecule has 0 heterocycles. The summed E-state index contributed by atoms with van der Waals surface area (Å²) >= 11 is 0. The molecule has 0 unspecified atom stereocenters. The molecule has 4 rings (SSSR count). The first-order valence-corrected chi connectivity index (χ1v) is 11.2. The standard InChI is InChI=1S/C29H19NO8/c31-26(32)21-11-2-4-13-23(21)28(35)37-20-10-7-9-19(16-20)30-17-18-8-1-6-15-25(18)38-29(36)24-14-5-3-12-22(24)27(33)34/h1-17H,(H,31,32)(H,33,34). The van der Waals surface area contributed by atoms with Crippen LogP contribution in [-0.2, 0) is 0 Å². The minimum Gasteiger partial charge on any atom is -0.478 e. The summed E-state index contributed by atoms with van der Waals surface area (Å²) in [5, 5.41) is 18.6. The third-order valence-corrected chi connectivity index (χ3v) is 5.26. The van der Waals surface area contributed by atoms with Gasteiger partial charge in [0, 0.05) is 17.8 Å². The minimum absolute atomic E-state index is 0.0888. The molecule has 0 spiro atoms. The highest BCUT2D eigenvalue weighted by atomic mass is 16.5. The number of nitrogens with zero attached hydrogens (tertiary/aromatic N) is 1. The highest BCUT2D eigenvalue weighted by molar-refractivity contribution is 6.04. The van der Waals surface area contributed by atoms with E-state index < -0.39 is 23.9 Å². The largest absolute Gasteiger partial charge is 0.478 e. The Balaban J connectivity index is 1.52. The third-order valence-electron chi connectivity index (χ3n) is 5.26. The van der Waals surface area contributed by atoms with Crippen molar-refractivity contribution in [3.63, 3.8) is 0 Å². The number of rotatable bonds is 8. The van der Waals surface area contributed by atoms with Gasteiger partial charge in [-0.2, -0.15) is 0 Å². The summed E-state index contributed by atoms with van der Waals surface area (Å²) in [5.74, 6) is -3.85. The van der Waals surface area contributed by atoms with E-state index in [1.807, 2.05) is 0 Å². The Morgan fingerprint density at radius 1 is 0.605 bits per heavy atom. The molecule has 4 aromatic carbocycles. The number of carbonyl (C=O) groups is 4. The second-order valence-electron chi connectivity index (χ2n) is 7.77. The molecule has 38 heavy (non-hydrogen) atoms. The van der Waals surface area contributed by atoms with Gasteiger partial charge in [0.05, 0.1) is 27.9 Å². The number of aliphatic imine (C=N–C) groups is 1. The Hall–Kier alpha value is -5.57. The molecule has 0 atom stereocenters. The van der Waals surface area contributed by atoms with Gasteiger partial charge in [-0.1, -0.05) is 42.5 Å². The molecule has 9 nitrogen and oxygen atoms in total. The lowest BCUT2D eigenvalue weighted by Crippen LogP contribution is -2.14. The number of benzene rings is 4. The minimum atomic E-state index is -1.25. The number of esters is 2. The van der Waals surface area contributed by atoms with Crippen LogP contribution in [0.4, 0.5) is 5.69 Å². The molecule has 4 aromatic rings. The van der Waals surface area contributed by atoms with Crippen molar-refractivity contribution in [2.75, 3.05) is 0 Å². The average Bonchev–Trinajstić information content (AvgIpc) is 2.92. The van der Waals surface area contributed by atoms with E-state index in [4.69, 9.17) is 9.47 Å². The van der Waals surface area contributed by atoms with Crippen molar-refractivity contribution in [2.24, 2.45) is 4.99 Å². The first-order chi connectivity index (χ1) is 18.3. The predicted molar refractivity (Wildman–Crippen MR) is 137 cm³/mol. The number of aromatic carboxylic acids is 2. The van der Waals surface area contributed by atoms with Crippen LogP contribution in [-0.4, -0.2) is 40.3 Å². The molecule has 0 amide bonds. The van der Waals surface area contributed by atoms with Gasteiger partial charge in [-0.15, -0.1) is 0 Å². The summed E-state index contributed by atoms with van der Waals surface area (Å²) in [6.45, 7) is 0. The molecular weight excluding hydrogens is 490 g/mol. The zero-order chi connectivity index (χ0) is 27.1. The molecule has 0 aliphatic heterocycles. The molecule has 188 valence electrons. The quantitative estimate of drug-likeness (QED) is 0.186. The number of hydrogen-bond acceptors (Lipinski definition) is 7. The van der Waals surface area contributed by atoms with Gasteiger partial charge in [-0.25, -0.2) is 19.2 Å². The van der Waals surface area contributed by atoms with Crippen LogP contribution >= 0.6 is 0 Å². The van der Waals surface area contributed by atoms with Gasteiger partial charge in [-0.05, 0) is 48.5 Å². The van der Waals surface area contributed by atoms with Crippen molar-refractivity contribution in [3.05, 3.63) is 125 Å². The van der Waals surface area contributed by atoms with Crippen LogP contribution in [0.15, 0.2) is 102 Å². The van der Waals surface area contributed by atoms with Crippen LogP contribution in [0.3, 0.4) is 0 Å². The van der Waals surface area contributed by atoms with E-state index in [1.165, 1.54) is 66.9 Å². The Morgan fingerprint density at radius 2 is 1.13 bits per heavy atom. The maximum Gasteiger partial charge on any atom is 0.344 e. The summed E-state index contributed by atoms with van der Waals surface area (Å²) in [6, 6.07) is 24.3. The molecule has 0 fully saturated rings. The highest BCUT2D eigenvalue weighted by Crippen LogP contribution is 2.24. The van der Waals surface area contributed by atoms with Crippen molar-refractivity contribution < 1.29 is 38.9 Å². The summed E-state index contributed by atoms with van der Waals surface area (Å²) in [7, 11) is 0. The topological polar surface area (TPSA) is 140 Å². The van der Waals surface area contributed by atoms with Gasteiger partial charge in [-0.3, -0.25) is 4.99 Å². The average molecular weight is 509 g/mol. The van der Waals surface area contributed by atoms with Gasteiger partial charge in [0.15, 0.2) is 0 Å². The fourth-order valence-electron chi connectivity index (χ4n) is 3.46. The molecule has 0 bridgehead atoms. The Bertz CT molecular complexity index is 1570. The number of hydrogen-bond donors (Lipinski definition) is 2. The first kappa shape index (κ1) is 25.5. The van der Waals surface area contributed by atoms with Crippen molar-refractivity contribution in [1.29, 1.82) is 0 Å². The number of carboxylic acids is 2. The lowest BCUT2D eigenvalue weighted by atomic mass is 10.1. The summed E-state index contributed by atoms with van der Waals surface area (Å²) in [6.07, 6.45) is 1.44. The van der Waals surface area contributed by atoms with E-state index >= 15 is 0 Å². The Kier molecular flexibility index (Phi) is 7.69. The molecule has 0 saturated carbocycles. The number of para-hydroxylation sites is 1. The first-order valence-electron chi connectivity index (χ1n) is 11.2. The van der Waals surface area contributed by atoms with Gasteiger partial charge in [0.2, 0.25) is 0 Å². The highest BCUT2D eigenvalue weighted by Gasteiger charge is 2.19. The molecule has 0 aliphatic rings. The van der Waals surface area contributed by atoms with Crippen molar-refractivity contribution >= 4 is 35.8 Å². The molecular formula is C29H19NO8. The summed E-state index contributed by atoms with van der Waals surface area (Å²) in [4.78, 5) is 52.4.